The Balaban J connectivity index is 1.45. The number of rotatable bonds is 7. The number of benzene rings is 2. The van der Waals surface area contributed by atoms with Crippen molar-refractivity contribution in [3.8, 4) is 0 Å². The van der Waals surface area contributed by atoms with Crippen molar-refractivity contribution in [2.45, 2.75) is 63.8 Å². The number of hydrogen-bond acceptors (Lipinski definition) is 4. The first-order chi connectivity index (χ1) is 16.2. The highest BCUT2D eigenvalue weighted by Gasteiger charge is 2.51. The van der Waals surface area contributed by atoms with E-state index in [-0.39, 0.29) is 23.6 Å². The number of aliphatic hydroxyl groups is 1. The van der Waals surface area contributed by atoms with Gasteiger partial charge in [-0.05, 0) is 55.5 Å². The van der Waals surface area contributed by atoms with Crippen molar-refractivity contribution < 1.29 is 14.3 Å². The molecule has 2 aromatic carbocycles. The average Bonchev–Trinajstić information content (AvgIpc) is 3.34. The number of unbranched alkanes of at least 4 members (excludes halogenated alkanes) is 1. The van der Waals surface area contributed by atoms with Crippen molar-refractivity contribution in [3.63, 3.8) is 0 Å². The van der Waals surface area contributed by atoms with E-state index in [1.54, 1.807) is 6.07 Å². The van der Waals surface area contributed by atoms with E-state index in [0.717, 1.165) is 52.8 Å². The smallest absolute Gasteiger partial charge is 0.235 e. The van der Waals surface area contributed by atoms with Gasteiger partial charge in [-0.25, -0.2) is 4.39 Å². The lowest BCUT2D eigenvalue weighted by atomic mass is 9.92. The Morgan fingerprint density at radius 3 is 2.59 bits per heavy atom. The van der Waals surface area contributed by atoms with Crippen LogP contribution in [0, 0.1) is 5.82 Å². The molecule has 4 N–H and O–H groups in total. The maximum atomic E-state index is 15.3. The molecule has 34 heavy (non-hydrogen) atoms. The summed E-state index contributed by atoms with van der Waals surface area (Å²) in [5.74, 6) is -0.589. The summed E-state index contributed by atoms with van der Waals surface area (Å²) in [4.78, 5) is 13.3. The maximum Gasteiger partial charge on any atom is 0.235 e. The lowest BCUT2D eigenvalue weighted by Gasteiger charge is -2.22. The zero-order valence-electron chi connectivity index (χ0n) is 20.1. The third-order valence-electron chi connectivity index (χ3n) is 7.11. The molecule has 180 valence electrons. The van der Waals surface area contributed by atoms with Crippen LogP contribution in [-0.2, 0) is 22.2 Å². The predicted octanol–water partition coefficient (Wildman–Crippen LogP) is 5.32. The van der Waals surface area contributed by atoms with Gasteiger partial charge in [0.2, 0.25) is 5.91 Å². The fourth-order valence-electron chi connectivity index (χ4n) is 5.01. The second kappa shape index (κ2) is 8.31. The molecule has 2 heterocycles. The fourth-order valence-corrected chi connectivity index (χ4v) is 5.01. The Hall–Kier alpha value is -3.06. The molecule has 0 atom stereocenters. The van der Waals surface area contributed by atoms with Crippen molar-refractivity contribution >= 4 is 33.9 Å². The molecule has 1 aliphatic heterocycles. The minimum Gasteiger partial charge on any atom is -0.396 e. The van der Waals surface area contributed by atoms with Gasteiger partial charge in [0, 0.05) is 35.7 Å². The minimum atomic E-state index is -0.604. The van der Waals surface area contributed by atoms with Gasteiger partial charge in [0.05, 0.1) is 34.7 Å². The van der Waals surface area contributed by atoms with Crippen LogP contribution in [0.25, 0.3) is 10.9 Å². The molecule has 6 nitrogen and oxygen atoms in total. The van der Waals surface area contributed by atoms with E-state index in [1.807, 2.05) is 18.2 Å². The van der Waals surface area contributed by atoms with E-state index < -0.39 is 11.2 Å². The van der Waals surface area contributed by atoms with Crippen LogP contribution in [0.4, 0.5) is 21.5 Å². The number of nitrogens with one attached hydrogen (secondary N) is 3. The van der Waals surface area contributed by atoms with Gasteiger partial charge >= 0.3 is 0 Å². The van der Waals surface area contributed by atoms with Crippen LogP contribution in [0.1, 0.15) is 57.7 Å². The van der Waals surface area contributed by atoms with Crippen LogP contribution in [0.3, 0.4) is 0 Å². The number of aromatic nitrogens is 1. The maximum absolute atomic E-state index is 15.3. The van der Waals surface area contributed by atoms with Crippen LogP contribution in [-0.4, -0.2) is 28.9 Å². The summed E-state index contributed by atoms with van der Waals surface area (Å²) in [7, 11) is 0. The molecule has 3 aromatic rings. The molecule has 1 aliphatic carbocycles. The van der Waals surface area contributed by atoms with E-state index in [0.29, 0.717) is 19.6 Å². The number of amides is 1. The summed E-state index contributed by atoms with van der Waals surface area (Å²) in [6.45, 7) is 7.96. The standard InChI is InChI=1S/C27H33FN4O2/c1-26(2,3)24-13-17-12-21(19(28)15-23(17)32(24)10-4-5-11-33)31-25(34)27(8-9-27)18-6-7-20-22(14-18)30-16-29-20/h6-7,12-15,29-30,33H,4-5,8-11,16H2,1-3H3,(H,31,34). The number of carbonyl (C=O) groups is 1. The lowest BCUT2D eigenvalue weighted by Crippen LogP contribution is -2.28. The zero-order chi connectivity index (χ0) is 24.1. The van der Waals surface area contributed by atoms with E-state index in [4.69, 9.17) is 0 Å². The molecular weight excluding hydrogens is 431 g/mol. The molecule has 2 aliphatic rings. The summed E-state index contributed by atoms with van der Waals surface area (Å²) in [6.07, 6.45) is 3.03. The highest BCUT2D eigenvalue weighted by molar-refractivity contribution is 6.03. The van der Waals surface area contributed by atoms with Crippen LogP contribution in [0.2, 0.25) is 0 Å². The highest BCUT2D eigenvalue weighted by atomic mass is 19.1. The molecule has 5 rings (SSSR count). The van der Waals surface area contributed by atoms with E-state index >= 15 is 4.39 Å². The van der Waals surface area contributed by atoms with Gasteiger partial charge in [-0.3, -0.25) is 4.79 Å². The Kier molecular flexibility index (Phi) is 5.55. The molecule has 1 aromatic heterocycles. The molecule has 1 fully saturated rings. The Morgan fingerprint density at radius 2 is 1.88 bits per heavy atom. The first-order valence-corrected chi connectivity index (χ1v) is 12.1. The van der Waals surface area contributed by atoms with Gasteiger partial charge in [0.25, 0.3) is 0 Å². The topological polar surface area (TPSA) is 78.3 Å². The van der Waals surface area contributed by atoms with E-state index in [2.05, 4.69) is 47.4 Å². The SMILES string of the molecule is CC(C)(C)c1cc2cc(NC(=O)C3(c4ccc5c(c4)NCN5)CC3)c(F)cc2n1CCCCO. The molecule has 0 bridgehead atoms. The van der Waals surface area contributed by atoms with E-state index in [1.165, 1.54) is 6.07 Å². The van der Waals surface area contributed by atoms with Gasteiger partial charge in [0.1, 0.15) is 5.82 Å². The Bertz CT molecular complexity index is 1250. The third-order valence-corrected chi connectivity index (χ3v) is 7.11. The fraction of sp³-hybridized carbons (Fsp3) is 0.444. The number of hydrogen-bond donors (Lipinski definition) is 4. The lowest BCUT2D eigenvalue weighted by molar-refractivity contribution is -0.118. The number of halogens is 1. The predicted molar refractivity (Wildman–Crippen MR) is 135 cm³/mol. The van der Waals surface area contributed by atoms with Crippen molar-refractivity contribution in [1.82, 2.24) is 4.57 Å². The van der Waals surface area contributed by atoms with Crippen LogP contribution < -0.4 is 16.0 Å². The molecule has 0 unspecified atom stereocenters. The zero-order valence-corrected chi connectivity index (χ0v) is 20.1. The first-order valence-electron chi connectivity index (χ1n) is 12.1. The van der Waals surface area contributed by atoms with Crippen molar-refractivity contribution in [2.75, 3.05) is 29.2 Å². The van der Waals surface area contributed by atoms with Crippen molar-refractivity contribution in [2.24, 2.45) is 0 Å². The van der Waals surface area contributed by atoms with Crippen LogP contribution >= 0.6 is 0 Å². The molecule has 7 heteroatoms. The normalized spacial score (nSPS) is 16.1. The second-order valence-electron chi connectivity index (χ2n) is 10.6. The molecule has 0 saturated heterocycles. The van der Waals surface area contributed by atoms with Gasteiger partial charge in [-0.1, -0.05) is 26.8 Å². The third kappa shape index (κ3) is 3.92. The van der Waals surface area contributed by atoms with Gasteiger partial charge in [-0.2, -0.15) is 0 Å². The molecule has 1 saturated carbocycles. The van der Waals surface area contributed by atoms with E-state index in [9.17, 15) is 9.90 Å². The minimum absolute atomic E-state index is 0.118. The Morgan fingerprint density at radius 1 is 1.12 bits per heavy atom. The number of aliphatic hydroxyl groups excluding tert-OH is 1. The second-order valence-corrected chi connectivity index (χ2v) is 10.6. The first kappa shape index (κ1) is 22.7. The summed E-state index contributed by atoms with van der Waals surface area (Å²) < 4.78 is 17.4. The average molecular weight is 465 g/mol. The van der Waals surface area contributed by atoms with Gasteiger partial charge in [0.15, 0.2) is 0 Å². The summed E-state index contributed by atoms with van der Waals surface area (Å²) in [5, 5.41) is 19.5. The number of nitrogens with zero attached hydrogens (tertiary/aromatic N) is 1. The molecule has 1 amide bonds. The number of aryl methyl sites for hydroxylation is 1. The molecule has 0 spiro atoms. The number of anilines is 3. The van der Waals surface area contributed by atoms with Gasteiger partial charge in [-0.15, -0.1) is 0 Å². The number of fused-ring (bicyclic) bond motifs is 2. The largest absolute Gasteiger partial charge is 0.396 e. The molecule has 0 radical (unpaired) electrons. The summed E-state index contributed by atoms with van der Waals surface area (Å²) in [5.41, 5.74) is 4.43. The summed E-state index contributed by atoms with van der Waals surface area (Å²) >= 11 is 0. The number of carbonyl (C=O) groups excluding carboxylic acids is 1. The van der Waals surface area contributed by atoms with Crippen LogP contribution in [0.5, 0.6) is 0 Å². The summed E-state index contributed by atoms with van der Waals surface area (Å²) in [6, 6.07) is 11.4. The van der Waals surface area contributed by atoms with Crippen molar-refractivity contribution in [1.29, 1.82) is 0 Å². The quantitative estimate of drug-likeness (QED) is 0.357. The highest BCUT2D eigenvalue weighted by Crippen LogP contribution is 2.50. The van der Waals surface area contributed by atoms with Crippen LogP contribution in [0.15, 0.2) is 36.4 Å². The monoisotopic (exact) mass is 464 g/mol. The molecular formula is C27H33FN4O2. The van der Waals surface area contributed by atoms with Gasteiger partial charge < -0.3 is 25.6 Å². The Labute approximate surface area is 199 Å². The van der Waals surface area contributed by atoms with Crippen molar-refractivity contribution in [3.05, 3.63) is 53.5 Å².